The summed E-state index contributed by atoms with van der Waals surface area (Å²) >= 11 is 20.3. The van der Waals surface area contributed by atoms with Crippen molar-refractivity contribution >= 4 is 86.0 Å². The third-order valence-corrected chi connectivity index (χ3v) is 6.99. The fourth-order valence-electron chi connectivity index (χ4n) is 2.91. The summed E-state index contributed by atoms with van der Waals surface area (Å²) in [6.45, 7) is 0. The molecule has 0 radical (unpaired) electrons. The second kappa shape index (κ2) is 11.7. The maximum Gasteiger partial charge on any atom is 0.236 e. The first kappa shape index (κ1) is 24.5. The van der Waals surface area contributed by atoms with Crippen LogP contribution in [-0.4, -0.2) is 21.8 Å². The molecule has 1 aromatic heterocycles. The molecule has 3 aromatic carbocycles. The molecule has 1 amide bonds. The van der Waals surface area contributed by atoms with E-state index >= 15 is 0 Å². The minimum absolute atomic E-state index is 0.136. The number of aromatic nitrogens is 1. The van der Waals surface area contributed by atoms with Crippen molar-refractivity contribution in [2.24, 2.45) is 0 Å². The van der Waals surface area contributed by atoms with Crippen molar-refractivity contribution in [2.75, 3.05) is 21.7 Å². The molecule has 3 N–H and O–H groups in total. The van der Waals surface area contributed by atoms with Gasteiger partial charge in [0.15, 0.2) is 10.2 Å². The van der Waals surface area contributed by atoms with Crippen LogP contribution in [0, 0.1) is 0 Å². The molecule has 0 aliphatic carbocycles. The lowest BCUT2D eigenvalue weighted by molar-refractivity contribution is -0.113. The fourth-order valence-corrected chi connectivity index (χ4v) is 5.07. The lowest BCUT2D eigenvalue weighted by atomic mass is 10.2. The number of benzene rings is 3. The molecule has 0 fully saturated rings. The average molecular weight is 546 g/mol. The molecule has 4 rings (SSSR count). The number of hydrogen-bond acceptors (Lipinski definition) is 5. The molecule has 0 aliphatic rings. The quantitative estimate of drug-likeness (QED) is 0.164. The predicted molar refractivity (Wildman–Crippen MR) is 150 cm³/mol. The van der Waals surface area contributed by atoms with Gasteiger partial charge in [0.05, 0.1) is 16.5 Å². The van der Waals surface area contributed by atoms with Crippen LogP contribution in [0.15, 0.2) is 83.1 Å². The number of para-hydroxylation sites is 1. The minimum atomic E-state index is -0.136. The molecular formula is C24H18Cl2N4OS3. The molecule has 1 heterocycles. The van der Waals surface area contributed by atoms with Crippen LogP contribution < -0.4 is 16.0 Å². The van der Waals surface area contributed by atoms with Gasteiger partial charge in [-0.1, -0.05) is 41.4 Å². The van der Waals surface area contributed by atoms with E-state index in [4.69, 9.17) is 35.4 Å². The van der Waals surface area contributed by atoms with Crippen molar-refractivity contribution in [3.05, 3.63) is 88.2 Å². The molecular weight excluding hydrogens is 527 g/mol. The van der Waals surface area contributed by atoms with Gasteiger partial charge < -0.3 is 16.0 Å². The van der Waals surface area contributed by atoms with E-state index in [1.807, 2.05) is 66.0 Å². The Bertz CT molecular complexity index is 1300. The first-order valence-corrected chi connectivity index (χ1v) is 13.1. The van der Waals surface area contributed by atoms with Crippen molar-refractivity contribution in [1.29, 1.82) is 0 Å². The Morgan fingerprint density at radius 3 is 2.35 bits per heavy atom. The van der Waals surface area contributed by atoms with Gasteiger partial charge in [-0.25, -0.2) is 4.98 Å². The number of carbonyl (C=O) groups is 1. The Hall–Kier alpha value is -2.62. The summed E-state index contributed by atoms with van der Waals surface area (Å²) in [5.41, 5.74) is 3.24. The average Bonchev–Trinajstić information content (AvgIpc) is 3.27. The summed E-state index contributed by atoms with van der Waals surface area (Å²) in [6.07, 6.45) is 0. The topological polar surface area (TPSA) is 66.1 Å². The van der Waals surface area contributed by atoms with E-state index in [1.165, 1.54) is 23.1 Å². The standard InChI is InChI=1S/C24H18Cl2N4OS3/c25-15-6-11-19(20(26)12-15)21-13-34-24(29-21)30-22(31)14-33-18-9-7-17(8-10-18)28-23(32)27-16-4-2-1-3-5-16/h1-13H,14H2,(H2,27,28,32)(H,29,30,31). The smallest absolute Gasteiger partial charge is 0.236 e. The van der Waals surface area contributed by atoms with Crippen LogP contribution in [-0.2, 0) is 4.79 Å². The number of halogens is 2. The van der Waals surface area contributed by atoms with Gasteiger partial charge in [-0.3, -0.25) is 4.79 Å². The van der Waals surface area contributed by atoms with Gasteiger partial charge in [-0.2, -0.15) is 0 Å². The van der Waals surface area contributed by atoms with Crippen LogP contribution in [0.5, 0.6) is 0 Å². The molecule has 5 nitrogen and oxygen atoms in total. The molecule has 4 aromatic rings. The van der Waals surface area contributed by atoms with Gasteiger partial charge in [0.2, 0.25) is 5.91 Å². The lowest BCUT2D eigenvalue weighted by Gasteiger charge is -2.11. The number of thiocarbonyl (C=S) groups is 1. The van der Waals surface area contributed by atoms with Crippen molar-refractivity contribution < 1.29 is 4.79 Å². The first-order valence-electron chi connectivity index (χ1n) is 10.0. The number of hydrogen-bond donors (Lipinski definition) is 3. The largest absolute Gasteiger partial charge is 0.332 e. The summed E-state index contributed by atoms with van der Waals surface area (Å²) in [4.78, 5) is 17.8. The van der Waals surface area contributed by atoms with Gasteiger partial charge in [0, 0.05) is 32.2 Å². The van der Waals surface area contributed by atoms with Gasteiger partial charge in [0.1, 0.15) is 0 Å². The minimum Gasteiger partial charge on any atom is -0.332 e. The predicted octanol–water partition coefficient (Wildman–Crippen LogP) is 7.66. The van der Waals surface area contributed by atoms with E-state index < -0.39 is 0 Å². The van der Waals surface area contributed by atoms with Gasteiger partial charge in [0.25, 0.3) is 0 Å². The fraction of sp³-hybridized carbons (Fsp3) is 0.0417. The summed E-state index contributed by atoms with van der Waals surface area (Å²) in [6, 6.07) is 22.7. The number of anilines is 3. The number of amides is 1. The number of thiazole rings is 1. The van der Waals surface area contributed by atoms with Crippen molar-refractivity contribution in [3.63, 3.8) is 0 Å². The SMILES string of the molecule is O=C(CSc1ccc(NC(=S)Nc2ccccc2)cc1)Nc1nc(-c2ccc(Cl)cc2Cl)cs1. The Balaban J connectivity index is 1.25. The van der Waals surface area contributed by atoms with Crippen LogP contribution >= 0.6 is 58.5 Å². The number of thioether (sulfide) groups is 1. The number of rotatable bonds is 7. The second-order valence-corrected chi connectivity index (χ2v) is 10.1. The molecule has 0 unspecified atom stereocenters. The zero-order valence-corrected chi connectivity index (χ0v) is 21.5. The van der Waals surface area contributed by atoms with Crippen molar-refractivity contribution in [1.82, 2.24) is 4.98 Å². The monoisotopic (exact) mass is 544 g/mol. The molecule has 0 aliphatic heterocycles. The maximum absolute atomic E-state index is 12.4. The molecule has 0 atom stereocenters. The van der Waals surface area contributed by atoms with Crippen LogP contribution in [0.3, 0.4) is 0 Å². The molecule has 0 bridgehead atoms. The van der Waals surface area contributed by atoms with E-state index in [9.17, 15) is 4.79 Å². The lowest BCUT2D eigenvalue weighted by Crippen LogP contribution is -2.18. The van der Waals surface area contributed by atoms with Crippen LogP contribution in [0.25, 0.3) is 11.3 Å². The highest BCUT2D eigenvalue weighted by atomic mass is 35.5. The molecule has 10 heteroatoms. The highest BCUT2D eigenvalue weighted by Gasteiger charge is 2.11. The summed E-state index contributed by atoms with van der Waals surface area (Å²) < 4.78 is 0. The van der Waals surface area contributed by atoms with Crippen LogP contribution in [0.4, 0.5) is 16.5 Å². The summed E-state index contributed by atoms with van der Waals surface area (Å²) in [5.74, 6) is 0.126. The maximum atomic E-state index is 12.4. The van der Waals surface area contributed by atoms with Crippen molar-refractivity contribution in [2.45, 2.75) is 4.90 Å². The molecule has 34 heavy (non-hydrogen) atoms. The van der Waals surface area contributed by atoms with E-state index in [0.717, 1.165) is 21.8 Å². The van der Waals surface area contributed by atoms with Crippen LogP contribution in [0.1, 0.15) is 0 Å². The number of carbonyl (C=O) groups excluding carboxylic acids is 1. The molecule has 0 saturated carbocycles. The molecule has 0 spiro atoms. The third-order valence-electron chi connectivity index (χ3n) is 4.47. The first-order chi connectivity index (χ1) is 16.5. The van der Waals surface area contributed by atoms with Crippen LogP contribution in [0.2, 0.25) is 10.0 Å². The Labute approximate surface area is 220 Å². The zero-order valence-electron chi connectivity index (χ0n) is 17.5. The van der Waals surface area contributed by atoms with E-state index in [0.29, 0.717) is 26.0 Å². The van der Waals surface area contributed by atoms with Gasteiger partial charge in [-0.15, -0.1) is 23.1 Å². The normalized spacial score (nSPS) is 10.5. The highest BCUT2D eigenvalue weighted by Crippen LogP contribution is 2.32. The molecule has 0 saturated heterocycles. The summed E-state index contributed by atoms with van der Waals surface area (Å²) in [7, 11) is 0. The Morgan fingerprint density at radius 2 is 1.65 bits per heavy atom. The number of nitrogens with zero attached hydrogens (tertiary/aromatic N) is 1. The van der Waals surface area contributed by atoms with E-state index in [2.05, 4.69) is 20.9 Å². The van der Waals surface area contributed by atoms with Gasteiger partial charge in [-0.05, 0) is 66.8 Å². The van der Waals surface area contributed by atoms with E-state index in [-0.39, 0.29) is 11.7 Å². The third kappa shape index (κ3) is 6.94. The zero-order chi connectivity index (χ0) is 23.9. The Kier molecular flexibility index (Phi) is 8.42. The van der Waals surface area contributed by atoms with E-state index in [1.54, 1.807) is 12.1 Å². The highest BCUT2D eigenvalue weighted by molar-refractivity contribution is 8.00. The Morgan fingerprint density at radius 1 is 0.941 bits per heavy atom. The molecule has 172 valence electrons. The number of nitrogens with one attached hydrogen (secondary N) is 3. The van der Waals surface area contributed by atoms with Crippen molar-refractivity contribution in [3.8, 4) is 11.3 Å². The second-order valence-electron chi connectivity index (χ2n) is 6.97. The summed E-state index contributed by atoms with van der Waals surface area (Å²) in [5, 5.41) is 13.1. The van der Waals surface area contributed by atoms with Gasteiger partial charge >= 0.3 is 0 Å².